The molecule has 1 aliphatic rings. The second-order valence-corrected chi connectivity index (χ2v) is 5.77. The lowest BCUT2D eigenvalue weighted by atomic mass is 9.81. The van der Waals surface area contributed by atoms with Crippen LogP contribution in [0.25, 0.3) is 10.9 Å². The van der Waals surface area contributed by atoms with Crippen molar-refractivity contribution in [3.63, 3.8) is 0 Å². The summed E-state index contributed by atoms with van der Waals surface area (Å²) in [6.45, 7) is 10.9. The highest BCUT2D eigenvalue weighted by atomic mass is 15.0. The minimum absolute atomic E-state index is 0.570. The minimum atomic E-state index is 0.570. The molecule has 1 aliphatic carbocycles. The molecule has 0 aliphatic heterocycles. The van der Waals surface area contributed by atoms with Gasteiger partial charge in [-0.15, -0.1) is 0 Å². The molecule has 2 nitrogen and oxygen atoms in total. The van der Waals surface area contributed by atoms with Gasteiger partial charge >= 0.3 is 0 Å². The van der Waals surface area contributed by atoms with E-state index < -0.39 is 0 Å². The molecule has 0 aromatic carbocycles. The maximum absolute atomic E-state index is 4.27. The fourth-order valence-corrected chi connectivity index (χ4v) is 2.97. The van der Waals surface area contributed by atoms with Crippen molar-refractivity contribution in [3.05, 3.63) is 30.2 Å². The monoisotopic (exact) mass is 258 g/mol. The standard InChI is InChI=1S/C15H20N2.C2H6/c1-10(2)14-9-17(12-6-11(3)7-12)15-4-5-16-8-13(14)15;1-2/h4-5,8-12H,6-7H2,1-3H3;1-2H3. The Morgan fingerprint density at radius 2 is 1.95 bits per heavy atom. The maximum atomic E-state index is 4.27. The maximum Gasteiger partial charge on any atom is 0.0516 e. The Hall–Kier alpha value is -1.31. The summed E-state index contributed by atoms with van der Waals surface area (Å²) in [4.78, 5) is 4.27. The summed E-state index contributed by atoms with van der Waals surface area (Å²) >= 11 is 0. The molecule has 0 saturated heterocycles. The van der Waals surface area contributed by atoms with Crippen LogP contribution in [0.15, 0.2) is 24.7 Å². The predicted octanol–water partition coefficient (Wildman–Crippen LogP) is 5.16. The van der Waals surface area contributed by atoms with Gasteiger partial charge in [0.1, 0.15) is 0 Å². The van der Waals surface area contributed by atoms with Gasteiger partial charge in [-0.1, -0.05) is 34.6 Å². The van der Waals surface area contributed by atoms with Gasteiger partial charge < -0.3 is 4.57 Å². The molecule has 2 heterocycles. The largest absolute Gasteiger partial charge is 0.344 e. The van der Waals surface area contributed by atoms with E-state index in [0.717, 1.165) is 5.92 Å². The number of aromatic nitrogens is 2. The van der Waals surface area contributed by atoms with E-state index in [1.807, 2.05) is 26.2 Å². The van der Waals surface area contributed by atoms with E-state index in [2.05, 4.69) is 42.6 Å². The Kier molecular flexibility index (Phi) is 4.28. The number of hydrogen-bond donors (Lipinski definition) is 0. The Balaban J connectivity index is 0.000000637. The molecule has 1 fully saturated rings. The summed E-state index contributed by atoms with van der Waals surface area (Å²) in [5, 5.41) is 1.34. The van der Waals surface area contributed by atoms with Crippen LogP contribution in [-0.2, 0) is 0 Å². The van der Waals surface area contributed by atoms with Crippen molar-refractivity contribution in [2.75, 3.05) is 0 Å². The van der Waals surface area contributed by atoms with E-state index in [1.165, 1.54) is 29.3 Å². The molecule has 0 radical (unpaired) electrons. The van der Waals surface area contributed by atoms with E-state index in [4.69, 9.17) is 0 Å². The molecule has 1 saturated carbocycles. The van der Waals surface area contributed by atoms with Crippen molar-refractivity contribution in [2.45, 2.75) is 59.4 Å². The zero-order valence-corrected chi connectivity index (χ0v) is 12.9. The quantitative estimate of drug-likeness (QED) is 0.727. The second kappa shape index (κ2) is 5.77. The molecule has 0 N–H and O–H groups in total. The first-order chi connectivity index (χ1) is 9.16. The third-order valence-electron chi connectivity index (χ3n) is 4.03. The van der Waals surface area contributed by atoms with Crippen molar-refractivity contribution < 1.29 is 0 Å². The lowest BCUT2D eigenvalue weighted by Gasteiger charge is -2.34. The molecule has 0 bridgehead atoms. The summed E-state index contributed by atoms with van der Waals surface area (Å²) in [5.41, 5.74) is 2.80. The van der Waals surface area contributed by atoms with Crippen LogP contribution in [0, 0.1) is 5.92 Å². The fourth-order valence-electron chi connectivity index (χ4n) is 2.97. The highest BCUT2D eigenvalue weighted by molar-refractivity contribution is 5.83. The SMILES string of the molecule is CC.CC1CC(n2cc(C(C)C)c3cnccc32)C1. The highest BCUT2D eigenvalue weighted by Gasteiger charge is 2.28. The first kappa shape index (κ1) is 14.1. The van der Waals surface area contributed by atoms with Crippen molar-refractivity contribution in [1.82, 2.24) is 9.55 Å². The highest BCUT2D eigenvalue weighted by Crippen LogP contribution is 2.40. The molecule has 2 aromatic rings. The molecule has 2 heteroatoms. The lowest BCUT2D eigenvalue weighted by Crippen LogP contribution is -2.24. The molecule has 3 rings (SSSR count). The van der Waals surface area contributed by atoms with Crippen molar-refractivity contribution >= 4 is 10.9 Å². The lowest BCUT2D eigenvalue weighted by molar-refractivity contribution is 0.221. The number of nitrogens with zero attached hydrogens (tertiary/aromatic N) is 2. The Labute approximate surface area is 116 Å². The van der Waals surface area contributed by atoms with Gasteiger partial charge in [0.15, 0.2) is 0 Å². The average molecular weight is 258 g/mol. The van der Waals surface area contributed by atoms with Crippen LogP contribution in [0.4, 0.5) is 0 Å². The molecule has 0 spiro atoms. The van der Waals surface area contributed by atoms with Gasteiger partial charge in [-0.2, -0.15) is 0 Å². The van der Waals surface area contributed by atoms with Crippen LogP contribution in [0.5, 0.6) is 0 Å². The van der Waals surface area contributed by atoms with Crippen LogP contribution in [0.2, 0.25) is 0 Å². The van der Waals surface area contributed by atoms with Crippen LogP contribution in [0.1, 0.15) is 65.0 Å². The average Bonchev–Trinajstić information content (AvgIpc) is 2.77. The smallest absolute Gasteiger partial charge is 0.0516 e. The number of hydrogen-bond acceptors (Lipinski definition) is 1. The third kappa shape index (κ3) is 2.54. The van der Waals surface area contributed by atoms with E-state index in [0.29, 0.717) is 12.0 Å². The normalized spacial score (nSPS) is 22.0. The molecular weight excluding hydrogens is 232 g/mol. The van der Waals surface area contributed by atoms with Gasteiger partial charge in [0.05, 0.1) is 5.52 Å². The van der Waals surface area contributed by atoms with Gasteiger partial charge in [-0.3, -0.25) is 4.98 Å². The minimum Gasteiger partial charge on any atom is -0.344 e. The topological polar surface area (TPSA) is 17.8 Å². The summed E-state index contributed by atoms with van der Waals surface area (Å²) in [6, 6.07) is 2.87. The first-order valence-corrected chi connectivity index (χ1v) is 7.61. The first-order valence-electron chi connectivity index (χ1n) is 7.61. The van der Waals surface area contributed by atoms with E-state index in [-0.39, 0.29) is 0 Å². The fraction of sp³-hybridized carbons (Fsp3) is 0.588. The van der Waals surface area contributed by atoms with Crippen molar-refractivity contribution in [2.24, 2.45) is 5.92 Å². The van der Waals surface area contributed by atoms with Crippen LogP contribution in [-0.4, -0.2) is 9.55 Å². The molecule has 2 aromatic heterocycles. The van der Waals surface area contributed by atoms with Gasteiger partial charge in [-0.05, 0) is 36.3 Å². The van der Waals surface area contributed by atoms with Gasteiger partial charge in [0.2, 0.25) is 0 Å². The third-order valence-corrected chi connectivity index (χ3v) is 4.03. The molecule has 0 amide bonds. The number of pyridine rings is 1. The van der Waals surface area contributed by atoms with E-state index in [9.17, 15) is 0 Å². The van der Waals surface area contributed by atoms with Crippen LogP contribution < -0.4 is 0 Å². The molecule has 104 valence electrons. The Morgan fingerprint density at radius 1 is 1.26 bits per heavy atom. The van der Waals surface area contributed by atoms with Crippen molar-refractivity contribution in [3.8, 4) is 0 Å². The van der Waals surface area contributed by atoms with Gasteiger partial charge in [0.25, 0.3) is 0 Å². The molecular formula is C17H26N2. The molecule has 19 heavy (non-hydrogen) atoms. The zero-order chi connectivity index (χ0) is 14.0. The Bertz CT molecular complexity index is 533. The van der Waals surface area contributed by atoms with Crippen LogP contribution >= 0.6 is 0 Å². The van der Waals surface area contributed by atoms with Gasteiger partial charge in [-0.25, -0.2) is 0 Å². The number of rotatable bonds is 2. The summed E-state index contributed by atoms with van der Waals surface area (Å²) in [7, 11) is 0. The van der Waals surface area contributed by atoms with Crippen LogP contribution in [0.3, 0.4) is 0 Å². The molecule has 0 unspecified atom stereocenters. The van der Waals surface area contributed by atoms with Crippen molar-refractivity contribution in [1.29, 1.82) is 0 Å². The summed E-state index contributed by atoms with van der Waals surface area (Å²) in [6.07, 6.45) is 8.93. The van der Waals surface area contributed by atoms with Gasteiger partial charge in [0, 0.05) is 30.0 Å². The summed E-state index contributed by atoms with van der Waals surface area (Å²) in [5.74, 6) is 1.46. The van der Waals surface area contributed by atoms with E-state index in [1.54, 1.807) is 0 Å². The molecule has 0 atom stereocenters. The number of fused-ring (bicyclic) bond motifs is 1. The zero-order valence-electron chi connectivity index (χ0n) is 12.9. The summed E-state index contributed by atoms with van der Waals surface area (Å²) < 4.78 is 2.48. The second-order valence-electron chi connectivity index (χ2n) is 5.77. The van der Waals surface area contributed by atoms with E-state index >= 15 is 0 Å². The predicted molar refractivity (Wildman–Crippen MR) is 82.6 cm³/mol. The Morgan fingerprint density at radius 3 is 2.53 bits per heavy atom.